The number of likely N-dealkylation sites (tertiary alicyclic amines) is 1. The van der Waals surface area contributed by atoms with Crippen molar-refractivity contribution in [1.82, 2.24) is 4.90 Å². The van der Waals surface area contributed by atoms with Crippen molar-refractivity contribution in [2.45, 2.75) is 38.4 Å². The molecule has 2 atom stereocenters. The van der Waals surface area contributed by atoms with Crippen LogP contribution in [0.4, 0.5) is 4.79 Å². The molecule has 2 aromatic carbocycles. The Bertz CT molecular complexity index is 922. The summed E-state index contributed by atoms with van der Waals surface area (Å²) in [6.07, 6.45) is 1.74. The van der Waals surface area contributed by atoms with Crippen LogP contribution in [0.25, 0.3) is 0 Å². The van der Waals surface area contributed by atoms with Gasteiger partial charge in [-0.3, -0.25) is 0 Å². The third-order valence-electron chi connectivity index (χ3n) is 6.41. The van der Waals surface area contributed by atoms with Crippen LogP contribution in [0.3, 0.4) is 0 Å². The third kappa shape index (κ3) is 4.48. The molecule has 0 radical (unpaired) electrons. The lowest BCUT2D eigenvalue weighted by atomic mass is 9.83. The number of benzene rings is 2. The molecule has 2 aliphatic rings. The van der Waals surface area contributed by atoms with Gasteiger partial charge in [0.05, 0.1) is 19.3 Å². The number of nitrogens with two attached hydrogens (primary N) is 1. The number of aryl methyl sites for hydroxylation is 1. The number of fused-ring (bicyclic) bond motifs is 1. The van der Waals surface area contributed by atoms with Crippen molar-refractivity contribution in [1.29, 1.82) is 0 Å². The molecule has 166 valence electrons. The van der Waals surface area contributed by atoms with E-state index in [-0.39, 0.29) is 18.3 Å². The maximum Gasteiger partial charge on any atom is 0.415 e. The summed E-state index contributed by atoms with van der Waals surface area (Å²) in [6.45, 7) is 3.50. The number of methoxy groups -OCH3 is 1. The summed E-state index contributed by atoms with van der Waals surface area (Å²) in [5.41, 5.74) is 8.77. The minimum absolute atomic E-state index is 0.0199. The zero-order valence-corrected chi connectivity index (χ0v) is 18.0. The summed E-state index contributed by atoms with van der Waals surface area (Å²) >= 11 is 0. The largest absolute Gasteiger partial charge is 0.507 e. The highest BCUT2D eigenvalue weighted by Crippen LogP contribution is 2.40. The quantitative estimate of drug-likeness (QED) is 0.776. The number of phenols is 1. The Morgan fingerprint density at radius 1 is 1.16 bits per heavy atom. The highest BCUT2D eigenvalue weighted by Gasteiger charge is 2.36. The maximum absolute atomic E-state index is 12.5. The Labute approximate surface area is 182 Å². The Morgan fingerprint density at radius 2 is 1.84 bits per heavy atom. The predicted octanol–water partition coefficient (Wildman–Crippen LogP) is 3.56. The van der Waals surface area contributed by atoms with Gasteiger partial charge in [0.2, 0.25) is 0 Å². The van der Waals surface area contributed by atoms with E-state index in [1.54, 1.807) is 36.3 Å². The molecular weight excluding hydrogens is 396 g/mol. The van der Waals surface area contributed by atoms with E-state index in [1.165, 1.54) is 0 Å². The molecule has 2 unspecified atom stereocenters. The van der Waals surface area contributed by atoms with Gasteiger partial charge in [-0.2, -0.15) is 0 Å². The van der Waals surface area contributed by atoms with Crippen molar-refractivity contribution in [2.24, 2.45) is 11.7 Å². The van der Waals surface area contributed by atoms with E-state index in [9.17, 15) is 9.90 Å². The smallest absolute Gasteiger partial charge is 0.415 e. The van der Waals surface area contributed by atoms with Crippen LogP contribution in [0.5, 0.6) is 17.2 Å². The van der Waals surface area contributed by atoms with Crippen molar-refractivity contribution >= 4 is 6.09 Å². The van der Waals surface area contributed by atoms with Crippen LogP contribution in [-0.4, -0.2) is 48.9 Å². The van der Waals surface area contributed by atoms with E-state index >= 15 is 0 Å². The first-order chi connectivity index (χ1) is 15.0. The Morgan fingerprint density at radius 3 is 2.48 bits per heavy atom. The van der Waals surface area contributed by atoms with Gasteiger partial charge >= 0.3 is 6.09 Å². The number of hydrogen-bond acceptors (Lipinski definition) is 6. The standard InChI is InChI=1S/C24H30N2O5/c1-15-3-8-19-20(23(15)27)13-21(31-22(19)14-25)16-9-11-26(12-10-16)24(28)30-18-6-4-17(29-2)5-7-18/h3-8,16,21-22,27H,9-14,25H2,1-2H3. The van der Waals surface area contributed by atoms with E-state index in [1.807, 2.05) is 19.1 Å². The maximum atomic E-state index is 12.5. The molecule has 2 aromatic rings. The van der Waals surface area contributed by atoms with Crippen LogP contribution < -0.4 is 15.2 Å². The first-order valence-electron chi connectivity index (χ1n) is 10.8. The number of ether oxygens (including phenoxy) is 3. The Hall–Kier alpha value is -2.77. The fraction of sp³-hybridized carbons (Fsp3) is 0.458. The van der Waals surface area contributed by atoms with Crippen LogP contribution >= 0.6 is 0 Å². The van der Waals surface area contributed by atoms with Gasteiger partial charge in [0.25, 0.3) is 0 Å². The van der Waals surface area contributed by atoms with Crippen LogP contribution in [0.15, 0.2) is 36.4 Å². The summed E-state index contributed by atoms with van der Waals surface area (Å²) in [5, 5.41) is 10.6. The number of piperidine rings is 1. The predicted molar refractivity (Wildman–Crippen MR) is 117 cm³/mol. The first kappa shape index (κ1) is 21.5. The molecule has 1 fully saturated rings. The summed E-state index contributed by atoms with van der Waals surface area (Å²) in [4.78, 5) is 14.3. The molecule has 2 heterocycles. The second-order valence-electron chi connectivity index (χ2n) is 8.27. The van der Waals surface area contributed by atoms with Gasteiger partial charge in [-0.25, -0.2) is 4.79 Å². The lowest BCUT2D eigenvalue weighted by molar-refractivity contribution is -0.0633. The van der Waals surface area contributed by atoms with Crippen molar-refractivity contribution in [3.63, 3.8) is 0 Å². The average Bonchev–Trinajstić information content (AvgIpc) is 2.81. The molecule has 3 N–H and O–H groups in total. The monoisotopic (exact) mass is 426 g/mol. The van der Waals surface area contributed by atoms with Gasteiger partial charge in [0, 0.05) is 31.6 Å². The molecule has 0 saturated carbocycles. The van der Waals surface area contributed by atoms with E-state index in [2.05, 4.69) is 0 Å². The van der Waals surface area contributed by atoms with Crippen LogP contribution in [0.1, 0.15) is 35.6 Å². The normalized spacial score (nSPS) is 21.5. The minimum atomic E-state index is -0.341. The third-order valence-corrected chi connectivity index (χ3v) is 6.41. The molecule has 1 amide bonds. The average molecular weight is 427 g/mol. The lowest BCUT2D eigenvalue weighted by Crippen LogP contribution is -2.45. The van der Waals surface area contributed by atoms with Gasteiger partial charge in [-0.15, -0.1) is 0 Å². The first-order valence-corrected chi connectivity index (χ1v) is 10.8. The molecule has 4 rings (SSSR count). The SMILES string of the molecule is COc1ccc(OC(=O)N2CCC(C3Cc4c(ccc(C)c4O)C(CN)O3)CC2)cc1. The molecule has 0 bridgehead atoms. The molecule has 7 heteroatoms. The molecule has 1 saturated heterocycles. The fourth-order valence-electron chi connectivity index (χ4n) is 4.54. The van der Waals surface area contributed by atoms with Gasteiger partial charge in [0.15, 0.2) is 0 Å². The number of hydrogen-bond donors (Lipinski definition) is 2. The zero-order valence-electron chi connectivity index (χ0n) is 18.0. The molecule has 7 nitrogen and oxygen atoms in total. The number of aromatic hydroxyl groups is 1. The molecule has 0 aliphatic carbocycles. The van der Waals surface area contributed by atoms with E-state index in [0.29, 0.717) is 49.2 Å². The highest BCUT2D eigenvalue weighted by atomic mass is 16.6. The van der Waals surface area contributed by atoms with Gasteiger partial charge in [0.1, 0.15) is 17.2 Å². The van der Waals surface area contributed by atoms with E-state index in [0.717, 1.165) is 29.5 Å². The lowest BCUT2D eigenvalue weighted by Gasteiger charge is -2.40. The van der Waals surface area contributed by atoms with Crippen molar-refractivity contribution in [2.75, 3.05) is 26.7 Å². The topological polar surface area (TPSA) is 94.2 Å². The van der Waals surface area contributed by atoms with E-state index in [4.69, 9.17) is 19.9 Å². The summed E-state index contributed by atoms with van der Waals surface area (Å²) < 4.78 is 16.9. The highest BCUT2D eigenvalue weighted by molar-refractivity contribution is 5.70. The second kappa shape index (κ2) is 9.16. The minimum Gasteiger partial charge on any atom is -0.507 e. The Balaban J connectivity index is 1.37. The van der Waals surface area contributed by atoms with Crippen molar-refractivity contribution in [3.8, 4) is 17.2 Å². The van der Waals surface area contributed by atoms with Crippen LogP contribution in [0, 0.1) is 12.8 Å². The van der Waals surface area contributed by atoms with Crippen LogP contribution in [-0.2, 0) is 11.2 Å². The molecule has 2 aliphatic heterocycles. The molecule has 31 heavy (non-hydrogen) atoms. The number of phenolic OH excluding ortho intramolecular Hbond substituents is 1. The Kier molecular flexibility index (Phi) is 6.34. The zero-order chi connectivity index (χ0) is 22.0. The summed E-state index contributed by atoms with van der Waals surface area (Å²) in [7, 11) is 1.60. The number of rotatable bonds is 4. The molecule has 0 aromatic heterocycles. The van der Waals surface area contributed by atoms with Gasteiger partial charge < -0.3 is 30.0 Å². The summed E-state index contributed by atoms with van der Waals surface area (Å²) in [5.74, 6) is 1.86. The van der Waals surface area contributed by atoms with Crippen LogP contribution in [0.2, 0.25) is 0 Å². The fourth-order valence-corrected chi connectivity index (χ4v) is 4.54. The molecule has 0 spiro atoms. The molecular formula is C24H30N2O5. The second-order valence-corrected chi connectivity index (χ2v) is 8.27. The number of carbonyl (C=O) groups is 1. The number of carbonyl (C=O) groups excluding carboxylic acids is 1. The number of nitrogens with zero attached hydrogens (tertiary/aromatic N) is 1. The van der Waals surface area contributed by atoms with Gasteiger partial charge in [-0.05, 0) is 61.1 Å². The summed E-state index contributed by atoms with van der Waals surface area (Å²) in [6, 6.07) is 10.9. The van der Waals surface area contributed by atoms with Crippen molar-refractivity contribution in [3.05, 3.63) is 53.1 Å². The number of amides is 1. The van der Waals surface area contributed by atoms with Gasteiger partial charge in [-0.1, -0.05) is 12.1 Å². The van der Waals surface area contributed by atoms with Crippen molar-refractivity contribution < 1.29 is 24.1 Å². The van der Waals surface area contributed by atoms with E-state index < -0.39 is 0 Å².